The summed E-state index contributed by atoms with van der Waals surface area (Å²) in [5.74, 6) is 0.973. The number of ether oxygens (including phenoxy) is 1. The molecule has 1 aliphatic heterocycles. The van der Waals surface area contributed by atoms with Gasteiger partial charge in [-0.3, -0.25) is 9.80 Å². The lowest BCUT2D eigenvalue weighted by Crippen LogP contribution is -2.48. The SMILES string of the molecule is COc1ccc(C)cc1CN1CCN(CC(N)=S)CC1. The fourth-order valence-electron chi connectivity index (χ4n) is 2.60. The molecular formula is C15H23N3OS. The number of benzene rings is 1. The van der Waals surface area contributed by atoms with Crippen molar-refractivity contribution < 1.29 is 4.74 Å². The van der Waals surface area contributed by atoms with Gasteiger partial charge in [0, 0.05) is 44.8 Å². The van der Waals surface area contributed by atoms with Crippen molar-refractivity contribution >= 4 is 17.2 Å². The molecule has 5 heteroatoms. The Morgan fingerprint density at radius 3 is 2.50 bits per heavy atom. The van der Waals surface area contributed by atoms with Gasteiger partial charge in [0.1, 0.15) is 5.75 Å². The molecule has 0 radical (unpaired) electrons. The number of hydrogen-bond donors (Lipinski definition) is 1. The van der Waals surface area contributed by atoms with E-state index < -0.39 is 0 Å². The van der Waals surface area contributed by atoms with E-state index in [0.29, 0.717) is 4.99 Å². The second-order valence-electron chi connectivity index (χ2n) is 5.33. The van der Waals surface area contributed by atoms with Crippen LogP contribution >= 0.6 is 12.2 Å². The molecule has 0 bridgehead atoms. The largest absolute Gasteiger partial charge is 0.496 e. The lowest BCUT2D eigenvalue weighted by Gasteiger charge is -2.34. The lowest BCUT2D eigenvalue weighted by atomic mass is 10.1. The van der Waals surface area contributed by atoms with Crippen LogP contribution in [0.15, 0.2) is 18.2 Å². The highest BCUT2D eigenvalue weighted by Gasteiger charge is 2.18. The molecule has 0 atom stereocenters. The summed E-state index contributed by atoms with van der Waals surface area (Å²) < 4.78 is 5.44. The molecule has 1 aromatic carbocycles. The third kappa shape index (κ3) is 4.16. The van der Waals surface area contributed by atoms with Gasteiger partial charge in [0.15, 0.2) is 0 Å². The van der Waals surface area contributed by atoms with E-state index in [4.69, 9.17) is 22.7 Å². The normalized spacial score (nSPS) is 17.1. The summed E-state index contributed by atoms with van der Waals surface area (Å²) in [5.41, 5.74) is 8.13. The zero-order chi connectivity index (χ0) is 14.5. The highest BCUT2D eigenvalue weighted by molar-refractivity contribution is 7.80. The molecule has 110 valence electrons. The van der Waals surface area contributed by atoms with Crippen LogP contribution in [0.2, 0.25) is 0 Å². The quantitative estimate of drug-likeness (QED) is 0.831. The molecule has 1 aliphatic rings. The maximum Gasteiger partial charge on any atom is 0.123 e. The summed E-state index contributed by atoms with van der Waals surface area (Å²) in [6, 6.07) is 6.34. The minimum atomic E-state index is 0.582. The Morgan fingerprint density at radius 2 is 1.90 bits per heavy atom. The highest BCUT2D eigenvalue weighted by Crippen LogP contribution is 2.21. The second-order valence-corrected chi connectivity index (χ2v) is 5.86. The number of nitrogens with zero attached hydrogens (tertiary/aromatic N) is 2. The van der Waals surface area contributed by atoms with Crippen LogP contribution in [0.1, 0.15) is 11.1 Å². The van der Waals surface area contributed by atoms with Crippen LogP contribution in [0, 0.1) is 6.92 Å². The molecule has 1 aromatic rings. The number of piperazine rings is 1. The number of hydrogen-bond acceptors (Lipinski definition) is 4. The van der Waals surface area contributed by atoms with E-state index in [9.17, 15) is 0 Å². The van der Waals surface area contributed by atoms with Crippen molar-refractivity contribution in [1.29, 1.82) is 0 Å². The van der Waals surface area contributed by atoms with E-state index in [-0.39, 0.29) is 0 Å². The maximum absolute atomic E-state index is 5.60. The molecule has 1 fully saturated rings. The third-order valence-corrected chi connectivity index (χ3v) is 3.80. The first kappa shape index (κ1) is 15.2. The predicted molar refractivity (Wildman–Crippen MR) is 86.2 cm³/mol. The Balaban J connectivity index is 1.92. The molecule has 0 unspecified atom stereocenters. The second kappa shape index (κ2) is 7.02. The summed E-state index contributed by atoms with van der Waals surface area (Å²) in [4.78, 5) is 5.35. The van der Waals surface area contributed by atoms with Crippen molar-refractivity contribution in [2.24, 2.45) is 5.73 Å². The molecule has 0 aliphatic carbocycles. The molecule has 0 aromatic heterocycles. The first-order valence-corrected chi connectivity index (χ1v) is 7.36. The van der Waals surface area contributed by atoms with Crippen LogP contribution < -0.4 is 10.5 Å². The van der Waals surface area contributed by atoms with E-state index in [1.165, 1.54) is 11.1 Å². The van der Waals surface area contributed by atoms with Crippen molar-refractivity contribution in [1.82, 2.24) is 9.80 Å². The zero-order valence-electron chi connectivity index (χ0n) is 12.3. The number of methoxy groups -OCH3 is 1. The zero-order valence-corrected chi connectivity index (χ0v) is 13.1. The average Bonchev–Trinajstić information content (AvgIpc) is 2.41. The van der Waals surface area contributed by atoms with Gasteiger partial charge in [-0.15, -0.1) is 0 Å². The van der Waals surface area contributed by atoms with Crippen molar-refractivity contribution in [2.75, 3.05) is 39.8 Å². The Morgan fingerprint density at radius 1 is 1.25 bits per heavy atom. The van der Waals surface area contributed by atoms with Gasteiger partial charge in [0.05, 0.1) is 12.1 Å². The molecule has 4 nitrogen and oxygen atoms in total. The topological polar surface area (TPSA) is 41.7 Å². The maximum atomic E-state index is 5.60. The van der Waals surface area contributed by atoms with Gasteiger partial charge in [-0.25, -0.2) is 0 Å². The Bertz CT molecular complexity index is 470. The fraction of sp³-hybridized carbons (Fsp3) is 0.533. The molecule has 2 rings (SSSR count). The van der Waals surface area contributed by atoms with Gasteiger partial charge >= 0.3 is 0 Å². The predicted octanol–water partition coefficient (Wildman–Crippen LogP) is 1.41. The van der Waals surface area contributed by atoms with Gasteiger partial charge < -0.3 is 10.5 Å². The van der Waals surface area contributed by atoms with Crippen LogP contribution in [-0.4, -0.2) is 54.6 Å². The summed E-state index contributed by atoms with van der Waals surface area (Å²) in [7, 11) is 1.73. The van der Waals surface area contributed by atoms with Gasteiger partial charge in [-0.05, 0) is 13.0 Å². The minimum Gasteiger partial charge on any atom is -0.496 e. The van der Waals surface area contributed by atoms with Gasteiger partial charge in [0.25, 0.3) is 0 Å². The molecule has 0 amide bonds. The fourth-order valence-corrected chi connectivity index (χ4v) is 2.78. The van der Waals surface area contributed by atoms with E-state index in [2.05, 4.69) is 28.9 Å². The summed E-state index contributed by atoms with van der Waals surface area (Å²) in [6.07, 6.45) is 0. The van der Waals surface area contributed by atoms with Crippen molar-refractivity contribution in [3.63, 3.8) is 0 Å². The van der Waals surface area contributed by atoms with Crippen LogP contribution in [-0.2, 0) is 6.54 Å². The molecule has 20 heavy (non-hydrogen) atoms. The summed E-state index contributed by atoms with van der Waals surface area (Å²) in [5, 5.41) is 0. The minimum absolute atomic E-state index is 0.582. The van der Waals surface area contributed by atoms with Crippen molar-refractivity contribution in [3.8, 4) is 5.75 Å². The third-order valence-electron chi connectivity index (χ3n) is 3.67. The van der Waals surface area contributed by atoms with Crippen LogP contribution in [0.4, 0.5) is 0 Å². The smallest absolute Gasteiger partial charge is 0.123 e. The molecular weight excluding hydrogens is 270 g/mol. The van der Waals surface area contributed by atoms with Gasteiger partial charge in [-0.2, -0.15) is 0 Å². The van der Waals surface area contributed by atoms with Crippen LogP contribution in [0.3, 0.4) is 0 Å². The Hall–Kier alpha value is -1.17. The van der Waals surface area contributed by atoms with Crippen LogP contribution in [0.5, 0.6) is 5.75 Å². The number of rotatable bonds is 5. The number of thiocarbonyl (C=S) groups is 1. The van der Waals surface area contributed by atoms with E-state index >= 15 is 0 Å². The van der Waals surface area contributed by atoms with E-state index in [1.54, 1.807) is 7.11 Å². The lowest BCUT2D eigenvalue weighted by molar-refractivity contribution is 0.139. The van der Waals surface area contributed by atoms with Crippen LogP contribution in [0.25, 0.3) is 0 Å². The molecule has 1 heterocycles. The number of aryl methyl sites for hydroxylation is 1. The first-order valence-electron chi connectivity index (χ1n) is 6.95. The van der Waals surface area contributed by atoms with Crippen molar-refractivity contribution in [2.45, 2.75) is 13.5 Å². The monoisotopic (exact) mass is 293 g/mol. The highest BCUT2D eigenvalue weighted by atomic mass is 32.1. The average molecular weight is 293 g/mol. The van der Waals surface area contributed by atoms with E-state index in [0.717, 1.165) is 45.0 Å². The molecule has 2 N–H and O–H groups in total. The van der Waals surface area contributed by atoms with Gasteiger partial charge in [0.2, 0.25) is 0 Å². The standard InChI is InChI=1S/C15H23N3OS/c1-12-3-4-14(19-2)13(9-12)10-17-5-7-18(8-6-17)11-15(16)20/h3-4,9H,5-8,10-11H2,1-2H3,(H2,16,20). The summed E-state index contributed by atoms with van der Waals surface area (Å²) >= 11 is 4.96. The Labute approximate surface area is 126 Å². The molecule has 1 saturated heterocycles. The molecule has 0 spiro atoms. The first-order chi connectivity index (χ1) is 9.58. The Kier molecular flexibility index (Phi) is 5.34. The molecule has 0 saturated carbocycles. The van der Waals surface area contributed by atoms with Gasteiger partial charge in [-0.1, -0.05) is 29.9 Å². The number of nitrogens with two attached hydrogens (primary N) is 1. The van der Waals surface area contributed by atoms with E-state index in [1.807, 2.05) is 6.07 Å². The van der Waals surface area contributed by atoms with Crippen molar-refractivity contribution in [3.05, 3.63) is 29.3 Å². The summed E-state index contributed by atoms with van der Waals surface area (Å²) in [6.45, 7) is 7.90.